The van der Waals surface area contributed by atoms with Crippen molar-refractivity contribution < 1.29 is 4.79 Å². The van der Waals surface area contributed by atoms with Crippen molar-refractivity contribution in [2.24, 2.45) is 0 Å². The molecule has 3 rings (SSSR count). The largest absolute Gasteiger partial charge is 0.336 e. The number of hydrogen-bond acceptors (Lipinski definition) is 4. The van der Waals surface area contributed by atoms with Crippen LogP contribution in [0.2, 0.25) is 0 Å². The Hall–Kier alpha value is -1.65. The Morgan fingerprint density at radius 2 is 2.45 bits per heavy atom. The molecule has 2 aromatic rings. The summed E-state index contributed by atoms with van der Waals surface area (Å²) in [6.45, 7) is 1.36. The zero-order chi connectivity index (χ0) is 14.1. The molecule has 1 aliphatic rings. The average molecular weight is 351 g/mol. The highest BCUT2D eigenvalue weighted by atomic mass is 79.9. The molecule has 0 radical (unpaired) electrons. The average Bonchev–Trinajstić information content (AvgIpc) is 3.17. The van der Waals surface area contributed by atoms with Crippen LogP contribution in [0.5, 0.6) is 0 Å². The van der Waals surface area contributed by atoms with Gasteiger partial charge in [0.2, 0.25) is 0 Å². The fourth-order valence-electron chi connectivity index (χ4n) is 2.32. The van der Waals surface area contributed by atoms with Crippen molar-refractivity contribution in [3.63, 3.8) is 0 Å². The van der Waals surface area contributed by atoms with Gasteiger partial charge in [-0.1, -0.05) is 0 Å². The standard InChI is InChI=1S/C13H11BrN4OS/c14-10-3-12(20-8-10)13(19)17-2-1-11(7-17)18-6-9(4-15)5-16-18/h3,5-6,8,11H,1-2,7H2. The zero-order valence-corrected chi connectivity index (χ0v) is 12.9. The Bertz CT molecular complexity index is 687. The Labute approximate surface area is 128 Å². The molecule has 1 saturated heterocycles. The molecule has 1 fully saturated rings. The topological polar surface area (TPSA) is 61.9 Å². The van der Waals surface area contributed by atoms with Crippen LogP contribution in [0, 0.1) is 11.3 Å². The van der Waals surface area contributed by atoms with E-state index in [1.165, 1.54) is 11.3 Å². The monoisotopic (exact) mass is 350 g/mol. The van der Waals surface area contributed by atoms with Crippen LogP contribution in [0.4, 0.5) is 0 Å². The normalized spacial score (nSPS) is 18.2. The van der Waals surface area contributed by atoms with Crippen LogP contribution in [-0.4, -0.2) is 33.7 Å². The number of nitrogens with zero attached hydrogens (tertiary/aromatic N) is 4. The second-order valence-electron chi connectivity index (χ2n) is 4.64. The van der Waals surface area contributed by atoms with E-state index in [-0.39, 0.29) is 11.9 Å². The second-order valence-corrected chi connectivity index (χ2v) is 6.47. The third-order valence-electron chi connectivity index (χ3n) is 3.33. The molecule has 1 aliphatic heterocycles. The SMILES string of the molecule is N#Cc1cnn(C2CCN(C(=O)c3cc(Br)cs3)C2)c1. The molecular weight excluding hydrogens is 340 g/mol. The Morgan fingerprint density at radius 3 is 3.10 bits per heavy atom. The predicted octanol–water partition coefficient (Wildman–Crippen LogP) is 2.67. The number of halogens is 1. The highest BCUT2D eigenvalue weighted by molar-refractivity contribution is 9.10. The summed E-state index contributed by atoms with van der Waals surface area (Å²) in [4.78, 5) is 14.9. The zero-order valence-electron chi connectivity index (χ0n) is 10.5. The molecular formula is C13H11BrN4OS. The number of nitriles is 1. The van der Waals surface area contributed by atoms with Gasteiger partial charge in [-0.2, -0.15) is 10.4 Å². The van der Waals surface area contributed by atoms with Gasteiger partial charge in [0, 0.05) is 29.1 Å². The van der Waals surface area contributed by atoms with Crippen molar-refractivity contribution in [2.75, 3.05) is 13.1 Å². The maximum absolute atomic E-state index is 12.3. The molecule has 5 nitrogen and oxygen atoms in total. The molecule has 0 aromatic carbocycles. The predicted molar refractivity (Wildman–Crippen MR) is 78.5 cm³/mol. The summed E-state index contributed by atoms with van der Waals surface area (Å²) in [5.41, 5.74) is 0.553. The van der Waals surface area contributed by atoms with E-state index >= 15 is 0 Å². The molecule has 1 amide bonds. The lowest BCUT2D eigenvalue weighted by molar-refractivity contribution is 0.0792. The quantitative estimate of drug-likeness (QED) is 0.836. The van der Waals surface area contributed by atoms with Crippen LogP contribution >= 0.6 is 27.3 Å². The van der Waals surface area contributed by atoms with Crippen LogP contribution in [0.15, 0.2) is 28.3 Å². The number of rotatable bonds is 2. The third-order valence-corrected chi connectivity index (χ3v) is 5.01. The molecule has 0 N–H and O–H groups in total. The van der Waals surface area contributed by atoms with Gasteiger partial charge in [-0.15, -0.1) is 11.3 Å². The lowest BCUT2D eigenvalue weighted by Gasteiger charge is -2.15. The Balaban J connectivity index is 1.70. The van der Waals surface area contributed by atoms with E-state index in [2.05, 4.69) is 27.1 Å². The number of carbonyl (C=O) groups excluding carboxylic acids is 1. The molecule has 0 spiro atoms. The van der Waals surface area contributed by atoms with Crippen LogP contribution in [0.1, 0.15) is 27.7 Å². The van der Waals surface area contributed by atoms with E-state index in [9.17, 15) is 4.79 Å². The summed E-state index contributed by atoms with van der Waals surface area (Å²) in [5, 5.41) is 14.9. The number of aromatic nitrogens is 2. The summed E-state index contributed by atoms with van der Waals surface area (Å²) in [5.74, 6) is 0.0656. The Kier molecular flexibility index (Phi) is 3.59. The van der Waals surface area contributed by atoms with Crippen molar-refractivity contribution in [3.8, 4) is 6.07 Å². The molecule has 1 unspecified atom stereocenters. The minimum atomic E-state index is 0.0656. The molecule has 102 valence electrons. The lowest BCUT2D eigenvalue weighted by Crippen LogP contribution is -2.28. The number of amides is 1. The van der Waals surface area contributed by atoms with Gasteiger partial charge in [-0.25, -0.2) is 0 Å². The molecule has 7 heteroatoms. The van der Waals surface area contributed by atoms with E-state index in [0.29, 0.717) is 12.1 Å². The van der Waals surface area contributed by atoms with E-state index in [1.54, 1.807) is 17.1 Å². The van der Waals surface area contributed by atoms with E-state index < -0.39 is 0 Å². The maximum atomic E-state index is 12.3. The lowest BCUT2D eigenvalue weighted by atomic mass is 10.3. The minimum absolute atomic E-state index is 0.0656. The third kappa shape index (κ3) is 2.49. The molecule has 20 heavy (non-hydrogen) atoms. The minimum Gasteiger partial charge on any atom is -0.336 e. The molecule has 1 atom stereocenters. The Morgan fingerprint density at radius 1 is 1.60 bits per heavy atom. The summed E-state index contributed by atoms with van der Waals surface area (Å²) < 4.78 is 2.73. The fraction of sp³-hybridized carbons (Fsp3) is 0.308. The molecule has 0 bridgehead atoms. The van der Waals surface area contributed by atoms with E-state index in [0.717, 1.165) is 22.3 Å². The number of carbonyl (C=O) groups is 1. The van der Waals surface area contributed by atoms with Gasteiger partial charge in [0.25, 0.3) is 5.91 Å². The summed E-state index contributed by atoms with van der Waals surface area (Å²) >= 11 is 4.81. The number of hydrogen-bond donors (Lipinski definition) is 0. The van der Waals surface area contributed by atoms with E-state index in [4.69, 9.17) is 5.26 Å². The van der Waals surface area contributed by atoms with Crippen molar-refractivity contribution in [2.45, 2.75) is 12.5 Å². The number of thiophene rings is 1. The van der Waals surface area contributed by atoms with Crippen LogP contribution in [-0.2, 0) is 0 Å². The first-order valence-corrected chi connectivity index (χ1v) is 7.82. The maximum Gasteiger partial charge on any atom is 0.264 e. The van der Waals surface area contributed by atoms with Crippen LogP contribution in [0.25, 0.3) is 0 Å². The second kappa shape index (κ2) is 5.38. The van der Waals surface area contributed by atoms with Gasteiger partial charge in [-0.05, 0) is 28.4 Å². The summed E-state index contributed by atoms with van der Waals surface area (Å²) in [6, 6.07) is 4.07. The first-order chi connectivity index (χ1) is 9.67. The van der Waals surface area contributed by atoms with Crippen LogP contribution in [0.3, 0.4) is 0 Å². The molecule has 3 heterocycles. The summed E-state index contributed by atoms with van der Waals surface area (Å²) in [6.07, 6.45) is 4.16. The van der Waals surface area contributed by atoms with E-state index in [1.807, 2.05) is 16.3 Å². The molecule has 0 aliphatic carbocycles. The smallest absolute Gasteiger partial charge is 0.264 e. The van der Waals surface area contributed by atoms with Crippen molar-refractivity contribution >= 4 is 33.2 Å². The van der Waals surface area contributed by atoms with Gasteiger partial charge in [0.15, 0.2) is 0 Å². The van der Waals surface area contributed by atoms with Gasteiger partial charge in [0.1, 0.15) is 6.07 Å². The fourth-order valence-corrected chi connectivity index (χ4v) is 3.71. The summed E-state index contributed by atoms with van der Waals surface area (Å²) in [7, 11) is 0. The molecule has 0 saturated carbocycles. The van der Waals surface area contributed by atoms with Gasteiger partial charge < -0.3 is 4.90 Å². The van der Waals surface area contributed by atoms with Crippen molar-refractivity contribution in [3.05, 3.63) is 38.8 Å². The first-order valence-electron chi connectivity index (χ1n) is 6.15. The number of likely N-dealkylation sites (tertiary alicyclic amines) is 1. The van der Waals surface area contributed by atoms with Crippen molar-refractivity contribution in [1.82, 2.24) is 14.7 Å². The van der Waals surface area contributed by atoms with Gasteiger partial charge in [-0.3, -0.25) is 9.48 Å². The highest BCUT2D eigenvalue weighted by Crippen LogP contribution is 2.26. The highest BCUT2D eigenvalue weighted by Gasteiger charge is 2.29. The molecule has 2 aromatic heterocycles. The van der Waals surface area contributed by atoms with Crippen molar-refractivity contribution in [1.29, 1.82) is 5.26 Å². The van der Waals surface area contributed by atoms with Crippen LogP contribution < -0.4 is 0 Å². The van der Waals surface area contributed by atoms with Gasteiger partial charge >= 0.3 is 0 Å². The first kappa shape index (κ1) is 13.3. The van der Waals surface area contributed by atoms with Gasteiger partial charge in [0.05, 0.1) is 22.7 Å².